The van der Waals surface area contributed by atoms with Crippen LogP contribution in [0.1, 0.15) is 5.56 Å². The highest BCUT2D eigenvalue weighted by Crippen LogP contribution is 2.36. The zero-order valence-electron chi connectivity index (χ0n) is 8.03. The summed E-state index contributed by atoms with van der Waals surface area (Å²) in [5.74, 6) is 0.730. The van der Waals surface area contributed by atoms with Gasteiger partial charge in [0, 0.05) is 15.6 Å². The third-order valence-corrected chi connectivity index (χ3v) is 4.83. The lowest BCUT2D eigenvalue weighted by atomic mass is 10.1. The van der Waals surface area contributed by atoms with E-state index < -0.39 is 9.84 Å². The largest absolute Gasteiger partial charge is 0.219 e. The number of benzene rings is 1. The minimum atomic E-state index is -3.20. The van der Waals surface area contributed by atoms with E-state index in [1.165, 1.54) is 5.41 Å². The molecule has 80 valence electrons. The molecule has 2 rings (SSSR count). The molecule has 1 aliphatic rings. The molecule has 1 heterocycles. The summed E-state index contributed by atoms with van der Waals surface area (Å²) in [6, 6.07) is 5.38. The highest BCUT2D eigenvalue weighted by Gasteiger charge is 2.26. The van der Waals surface area contributed by atoms with Crippen molar-refractivity contribution < 1.29 is 8.42 Å². The van der Waals surface area contributed by atoms with Gasteiger partial charge in [-0.25, -0.2) is 8.42 Å². The minimum absolute atomic E-state index is 0.418. The van der Waals surface area contributed by atoms with Crippen LogP contribution in [-0.2, 0) is 9.84 Å². The maximum absolute atomic E-state index is 11.8. The monoisotopic (exact) mass is 304 g/mol. The predicted octanol–water partition coefficient (Wildman–Crippen LogP) is 2.94. The Bertz CT molecular complexity index is 532. The van der Waals surface area contributed by atoms with Gasteiger partial charge in [-0.1, -0.05) is 22.0 Å². The van der Waals surface area contributed by atoms with E-state index in [4.69, 9.17) is 0 Å². The van der Waals surface area contributed by atoms with Crippen molar-refractivity contribution in [2.75, 3.05) is 12.0 Å². The summed E-state index contributed by atoms with van der Waals surface area (Å²) in [7, 11) is -3.20. The quantitative estimate of drug-likeness (QED) is 0.842. The molecule has 1 aromatic rings. The molecule has 0 saturated heterocycles. The third kappa shape index (κ3) is 2.00. The van der Waals surface area contributed by atoms with Gasteiger partial charge < -0.3 is 0 Å². The molecule has 0 aliphatic carbocycles. The lowest BCUT2D eigenvalue weighted by molar-refractivity contribution is 0.605. The van der Waals surface area contributed by atoms with Crippen LogP contribution in [0.5, 0.6) is 0 Å². The Kier molecular flexibility index (Phi) is 2.96. The molecule has 0 aromatic heterocycles. The van der Waals surface area contributed by atoms with Crippen LogP contribution in [0, 0.1) is 0 Å². The molecule has 0 unspecified atom stereocenters. The number of rotatable bonds is 2. The molecular formula is C10H9BrO2S2. The Morgan fingerprint density at radius 3 is 2.80 bits per heavy atom. The van der Waals surface area contributed by atoms with E-state index in [2.05, 4.69) is 15.9 Å². The van der Waals surface area contributed by atoms with Crippen molar-refractivity contribution in [2.45, 2.75) is 4.90 Å². The maximum atomic E-state index is 11.8. The Morgan fingerprint density at radius 1 is 1.40 bits per heavy atom. The van der Waals surface area contributed by atoms with Gasteiger partial charge in [0.25, 0.3) is 0 Å². The molecule has 0 fully saturated rings. The fourth-order valence-corrected chi connectivity index (χ4v) is 4.26. The first-order chi connectivity index (χ1) is 7.04. The van der Waals surface area contributed by atoms with Crippen LogP contribution in [0.3, 0.4) is 0 Å². The van der Waals surface area contributed by atoms with E-state index in [0.29, 0.717) is 4.90 Å². The van der Waals surface area contributed by atoms with Gasteiger partial charge in [0.2, 0.25) is 9.84 Å². The minimum Gasteiger partial charge on any atom is -0.219 e. The van der Waals surface area contributed by atoms with Crippen molar-refractivity contribution in [2.24, 2.45) is 0 Å². The molecule has 0 atom stereocenters. The van der Waals surface area contributed by atoms with Gasteiger partial charge in [-0.15, -0.1) is 0 Å². The van der Waals surface area contributed by atoms with Crippen LogP contribution in [0.4, 0.5) is 0 Å². The fourth-order valence-electron chi connectivity index (χ4n) is 1.58. The summed E-state index contributed by atoms with van der Waals surface area (Å²) in [5, 5.41) is 1.38. The van der Waals surface area contributed by atoms with Gasteiger partial charge in [0.05, 0.1) is 4.90 Å². The molecule has 5 heteroatoms. The second kappa shape index (κ2) is 3.96. The Balaban J connectivity index is 2.62. The molecular weight excluding hydrogens is 296 g/mol. The van der Waals surface area contributed by atoms with Crippen molar-refractivity contribution >= 4 is 43.1 Å². The fraction of sp³-hybridized carbons (Fsp3) is 0.200. The normalized spacial score (nSPS) is 17.3. The molecule has 2 nitrogen and oxygen atoms in total. The Morgan fingerprint density at radius 2 is 2.13 bits per heavy atom. The van der Waals surface area contributed by atoms with Crippen LogP contribution in [0.25, 0.3) is 5.57 Å². The van der Waals surface area contributed by atoms with Crippen LogP contribution < -0.4 is 0 Å². The average Bonchev–Trinajstić information content (AvgIpc) is 2.39. The number of halogens is 1. The molecule has 0 radical (unpaired) electrons. The number of hydrogen-bond donors (Lipinski definition) is 0. The van der Waals surface area contributed by atoms with E-state index >= 15 is 0 Å². The third-order valence-electron chi connectivity index (χ3n) is 2.19. The summed E-state index contributed by atoms with van der Waals surface area (Å²) < 4.78 is 24.4. The first kappa shape index (κ1) is 11.2. The number of thioether (sulfide) groups is 1. The topological polar surface area (TPSA) is 34.1 Å². The summed E-state index contributed by atoms with van der Waals surface area (Å²) in [5.41, 5.74) is 1.73. The van der Waals surface area contributed by atoms with Gasteiger partial charge in [-0.05, 0) is 29.5 Å². The predicted molar refractivity (Wildman–Crippen MR) is 67.7 cm³/mol. The number of sulfone groups is 1. The van der Waals surface area contributed by atoms with Crippen molar-refractivity contribution in [3.8, 4) is 0 Å². The van der Waals surface area contributed by atoms with Crippen molar-refractivity contribution in [1.29, 1.82) is 0 Å². The SMILES string of the molecule is CSCC1=CS(=O)(=O)c2cc(Br)ccc21. The Labute approximate surface area is 102 Å². The van der Waals surface area contributed by atoms with Crippen LogP contribution >= 0.6 is 27.7 Å². The summed E-state index contributed by atoms with van der Waals surface area (Å²) in [4.78, 5) is 0.418. The number of fused-ring (bicyclic) bond motifs is 1. The van der Waals surface area contributed by atoms with E-state index in [1.54, 1.807) is 17.8 Å². The first-order valence-corrected chi connectivity index (χ1v) is 8.02. The van der Waals surface area contributed by atoms with Crippen molar-refractivity contribution in [3.05, 3.63) is 33.6 Å². The van der Waals surface area contributed by atoms with Crippen LogP contribution in [0.15, 0.2) is 33.0 Å². The molecule has 0 amide bonds. The maximum Gasteiger partial charge on any atom is 0.200 e. The van der Waals surface area contributed by atoms with Gasteiger partial charge in [-0.2, -0.15) is 11.8 Å². The van der Waals surface area contributed by atoms with Crippen molar-refractivity contribution in [1.82, 2.24) is 0 Å². The highest BCUT2D eigenvalue weighted by molar-refractivity contribution is 9.10. The van der Waals surface area contributed by atoms with E-state index in [0.717, 1.165) is 21.4 Å². The summed E-state index contributed by atoms with van der Waals surface area (Å²) >= 11 is 4.91. The van der Waals surface area contributed by atoms with E-state index in [1.807, 2.05) is 18.4 Å². The number of hydrogen-bond acceptors (Lipinski definition) is 3. The molecule has 1 aliphatic heterocycles. The van der Waals surface area contributed by atoms with Crippen LogP contribution in [-0.4, -0.2) is 20.4 Å². The highest BCUT2D eigenvalue weighted by atomic mass is 79.9. The average molecular weight is 305 g/mol. The first-order valence-electron chi connectivity index (χ1n) is 4.29. The molecule has 0 saturated carbocycles. The second-order valence-corrected chi connectivity index (χ2v) is 6.81. The van der Waals surface area contributed by atoms with Gasteiger partial charge in [-0.3, -0.25) is 0 Å². The smallest absolute Gasteiger partial charge is 0.200 e. The summed E-state index contributed by atoms with van der Waals surface area (Å²) in [6.45, 7) is 0. The zero-order chi connectivity index (χ0) is 11.1. The lowest BCUT2D eigenvalue weighted by Crippen LogP contribution is -1.92. The second-order valence-electron chi connectivity index (χ2n) is 3.26. The van der Waals surface area contributed by atoms with Crippen LogP contribution in [0.2, 0.25) is 0 Å². The van der Waals surface area contributed by atoms with Gasteiger partial charge in [0.15, 0.2) is 0 Å². The van der Waals surface area contributed by atoms with Gasteiger partial charge in [0.1, 0.15) is 0 Å². The standard InChI is InChI=1S/C10H9BrO2S2/c1-14-5-7-6-15(12,13)10-4-8(11)2-3-9(7)10/h2-4,6H,5H2,1H3. The van der Waals surface area contributed by atoms with E-state index in [9.17, 15) is 8.42 Å². The molecule has 0 bridgehead atoms. The molecule has 0 spiro atoms. The molecule has 1 aromatic carbocycles. The van der Waals surface area contributed by atoms with Gasteiger partial charge >= 0.3 is 0 Å². The van der Waals surface area contributed by atoms with Crippen molar-refractivity contribution in [3.63, 3.8) is 0 Å². The summed E-state index contributed by atoms with van der Waals surface area (Å²) in [6.07, 6.45) is 1.96. The molecule has 0 N–H and O–H groups in total. The molecule has 15 heavy (non-hydrogen) atoms. The Hall–Kier alpha value is -0.260. The zero-order valence-corrected chi connectivity index (χ0v) is 11.2. The van der Waals surface area contributed by atoms with E-state index in [-0.39, 0.29) is 0 Å². The lowest BCUT2D eigenvalue weighted by Gasteiger charge is -2.02.